The molecule has 4 heteroatoms. The second-order valence-electron chi connectivity index (χ2n) is 5.49. The summed E-state index contributed by atoms with van der Waals surface area (Å²) in [6, 6.07) is 17.4. The van der Waals surface area contributed by atoms with Crippen molar-refractivity contribution in [2.24, 2.45) is 0 Å². The summed E-state index contributed by atoms with van der Waals surface area (Å²) in [6.45, 7) is 0.652. The van der Waals surface area contributed by atoms with E-state index >= 15 is 0 Å². The van der Waals surface area contributed by atoms with Crippen LogP contribution in [-0.2, 0) is 6.54 Å². The summed E-state index contributed by atoms with van der Waals surface area (Å²) in [7, 11) is 0. The van der Waals surface area contributed by atoms with E-state index in [1.54, 1.807) is 12.1 Å². The van der Waals surface area contributed by atoms with Crippen LogP contribution in [0.5, 0.6) is 0 Å². The van der Waals surface area contributed by atoms with Crippen LogP contribution < -0.4 is 10.6 Å². The van der Waals surface area contributed by atoms with Gasteiger partial charge in [-0.2, -0.15) is 5.26 Å². The van der Waals surface area contributed by atoms with Gasteiger partial charge in [-0.1, -0.05) is 18.2 Å². The highest BCUT2D eigenvalue weighted by Gasteiger charge is 2.23. The average Bonchev–Trinajstić information content (AvgIpc) is 3.37. The first kappa shape index (κ1) is 14.2. The van der Waals surface area contributed by atoms with Crippen molar-refractivity contribution in [1.29, 1.82) is 5.26 Å². The van der Waals surface area contributed by atoms with Gasteiger partial charge in [0.25, 0.3) is 5.91 Å². The van der Waals surface area contributed by atoms with Crippen molar-refractivity contribution in [2.45, 2.75) is 25.4 Å². The molecule has 1 aliphatic rings. The first-order chi connectivity index (χ1) is 10.7. The highest BCUT2D eigenvalue weighted by atomic mass is 16.1. The van der Waals surface area contributed by atoms with Gasteiger partial charge in [-0.05, 0) is 48.7 Å². The van der Waals surface area contributed by atoms with Gasteiger partial charge in [0.2, 0.25) is 0 Å². The Morgan fingerprint density at radius 1 is 1.18 bits per heavy atom. The molecule has 0 bridgehead atoms. The van der Waals surface area contributed by atoms with Crippen LogP contribution in [0, 0.1) is 11.3 Å². The first-order valence-corrected chi connectivity index (χ1v) is 7.38. The molecule has 0 heterocycles. The van der Waals surface area contributed by atoms with Crippen LogP contribution in [0.2, 0.25) is 0 Å². The van der Waals surface area contributed by atoms with Crippen LogP contribution in [0.15, 0.2) is 48.5 Å². The average molecular weight is 291 g/mol. The maximum Gasteiger partial charge on any atom is 0.251 e. The Kier molecular flexibility index (Phi) is 4.06. The molecule has 0 saturated heterocycles. The molecule has 1 saturated carbocycles. The summed E-state index contributed by atoms with van der Waals surface area (Å²) < 4.78 is 0. The SMILES string of the molecule is N#Cc1ccc(CNc2cccc(C(=O)NC3CC3)c2)cc1. The maximum atomic E-state index is 12.0. The van der Waals surface area contributed by atoms with Crippen LogP contribution in [0.3, 0.4) is 0 Å². The number of nitriles is 1. The third kappa shape index (κ3) is 3.64. The molecule has 4 nitrogen and oxygen atoms in total. The normalized spacial score (nSPS) is 13.2. The molecule has 110 valence electrons. The molecule has 0 aliphatic heterocycles. The highest BCUT2D eigenvalue weighted by molar-refractivity contribution is 5.95. The van der Waals surface area contributed by atoms with Gasteiger partial charge in [-0.25, -0.2) is 0 Å². The van der Waals surface area contributed by atoms with E-state index in [0.717, 1.165) is 24.1 Å². The number of amides is 1. The molecule has 0 atom stereocenters. The molecule has 0 radical (unpaired) electrons. The molecule has 0 unspecified atom stereocenters. The summed E-state index contributed by atoms with van der Waals surface area (Å²) >= 11 is 0. The van der Waals surface area contributed by atoms with E-state index in [1.807, 2.05) is 36.4 Å². The number of carbonyl (C=O) groups excluding carboxylic acids is 1. The number of anilines is 1. The van der Waals surface area contributed by atoms with Crippen LogP contribution in [0.25, 0.3) is 0 Å². The van der Waals surface area contributed by atoms with Crippen LogP contribution in [0.1, 0.15) is 34.3 Å². The van der Waals surface area contributed by atoms with Gasteiger partial charge in [0.15, 0.2) is 0 Å². The molecule has 0 aromatic heterocycles. The van der Waals surface area contributed by atoms with Crippen LogP contribution in [0.4, 0.5) is 5.69 Å². The fourth-order valence-electron chi connectivity index (χ4n) is 2.17. The predicted molar refractivity (Wildman–Crippen MR) is 85.4 cm³/mol. The molecule has 2 N–H and O–H groups in total. The van der Waals surface area contributed by atoms with Crippen molar-refractivity contribution in [3.63, 3.8) is 0 Å². The second-order valence-corrected chi connectivity index (χ2v) is 5.49. The van der Waals surface area contributed by atoms with E-state index < -0.39 is 0 Å². The largest absolute Gasteiger partial charge is 0.381 e. The Labute approximate surface area is 129 Å². The lowest BCUT2D eigenvalue weighted by atomic mass is 10.1. The number of carbonyl (C=O) groups is 1. The summed E-state index contributed by atoms with van der Waals surface area (Å²) in [6.07, 6.45) is 2.17. The zero-order chi connectivity index (χ0) is 15.4. The number of hydrogen-bond acceptors (Lipinski definition) is 3. The molecule has 1 aliphatic carbocycles. The van der Waals surface area contributed by atoms with Crippen molar-refractivity contribution in [3.8, 4) is 6.07 Å². The molecule has 1 amide bonds. The van der Waals surface area contributed by atoms with Crippen LogP contribution in [-0.4, -0.2) is 11.9 Å². The number of nitrogens with one attached hydrogen (secondary N) is 2. The highest BCUT2D eigenvalue weighted by Crippen LogP contribution is 2.20. The van der Waals surface area contributed by atoms with Gasteiger partial charge in [0.1, 0.15) is 0 Å². The minimum atomic E-state index is -0.00970. The van der Waals surface area contributed by atoms with Crippen molar-refractivity contribution >= 4 is 11.6 Å². The summed E-state index contributed by atoms with van der Waals surface area (Å²) in [5, 5.41) is 15.1. The number of nitrogens with zero attached hydrogens (tertiary/aromatic N) is 1. The van der Waals surface area contributed by atoms with Crippen molar-refractivity contribution in [1.82, 2.24) is 5.32 Å². The Bertz CT molecular complexity index is 712. The van der Waals surface area contributed by atoms with E-state index in [2.05, 4.69) is 16.7 Å². The van der Waals surface area contributed by atoms with Gasteiger partial charge in [0, 0.05) is 23.8 Å². The van der Waals surface area contributed by atoms with Crippen molar-refractivity contribution in [2.75, 3.05) is 5.32 Å². The fourth-order valence-corrected chi connectivity index (χ4v) is 2.17. The fraction of sp³-hybridized carbons (Fsp3) is 0.222. The molecule has 2 aromatic carbocycles. The Balaban J connectivity index is 1.62. The standard InChI is InChI=1S/C18H17N3O/c19-11-13-4-6-14(7-5-13)12-20-17-3-1-2-15(10-17)18(22)21-16-8-9-16/h1-7,10,16,20H,8-9,12H2,(H,21,22). The third-order valence-electron chi connectivity index (χ3n) is 3.62. The lowest BCUT2D eigenvalue weighted by Crippen LogP contribution is -2.25. The molecule has 1 fully saturated rings. The molecule has 0 spiro atoms. The van der Waals surface area contributed by atoms with E-state index in [-0.39, 0.29) is 5.91 Å². The quantitative estimate of drug-likeness (QED) is 0.889. The molecule has 3 rings (SSSR count). The smallest absolute Gasteiger partial charge is 0.251 e. The molecular formula is C18H17N3O. The van der Waals surface area contributed by atoms with E-state index in [1.165, 1.54) is 0 Å². The van der Waals surface area contributed by atoms with E-state index in [0.29, 0.717) is 23.7 Å². The van der Waals surface area contributed by atoms with Gasteiger partial charge < -0.3 is 10.6 Å². The van der Waals surface area contributed by atoms with Gasteiger partial charge in [0.05, 0.1) is 11.6 Å². The number of benzene rings is 2. The minimum absolute atomic E-state index is 0.00970. The molecular weight excluding hydrogens is 274 g/mol. The predicted octanol–water partition coefficient (Wildman–Crippen LogP) is 3.06. The summed E-state index contributed by atoms with van der Waals surface area (Å²) in [5.74, 6) is -0.00970. The van der Waals surface area contributed by atoms with Crippen molar-refractivity contribution < 1.29 is 4.79 Å². The van der Waals surface area contributed by atoms with Crippen molar-refractivity contribution in [3.05, 3.63) is 65.2 Å². The number of hydrogen-bond donors (Lipinski definition) is 2. The Hall–Kier alpha value is -2.80. The van der Waals surface area contributed by atoms with E-state index in [4.69, 9.17) is 5.26 Å². The third-order valence-corrected chi connectivity index (χ3v) is 3.62. The molecule has 22 heavy (non-hydrogen) atoms. The number of rotatable bonds is 5. The minimum Gasteiger partial charge on any atom is -0.381 e. The first-order valence-electron chi connectivity index (χ1n) is 7.38. The topological polar surface area (TPSA) is 64.9 Å². The maximum absolute atomic E-state index is 12.0. The van der Waals surface area contributed by atoms with Gasteiger partial charge >= 0.3 is 0 Å². The lowest BCUT2D eigenvalue weighted by molar-refractivity contribution is 0.0951. The Morgan fingerprint density at radius 3 is 2.64 bits per heavy atom. The van der Waals surface area contributed by atoms with E-state index in [9.17, 15) is 4.79 Å². The lowest BCUT2D eigenvalue weighted by Gasteiger charge is -2.09. The van der Waals surface area contributed by atoms with Gasteiger partial charge in [-0.15, -0.1) is 0 Å². The monoisotopic (exact) mass is 291 g/mol. The summed E-state index contributed by atoms with van der Waals surface area (Å²) in [4.78, 5) is 12.0. The molecule has 2 aromatic rings. The van der Waals surface area contributed by atoms with Crippen LogP contribution >= 0.6 is 0 Å². The summed E-state index contributed by atoms with van der Waals surface area (Å²) in [5.41, 5.74) is 3.33. The second kappa shape index (κ2) is 6.31. The Morgan fingerprint density at radius 2 is 1.95 bits per heavy atom. The zero-order valence-corrected chi connectivity index (χ0v) is 12.2. The van der Waals surface area contributed by atoms with Gasteiger partial charge in [-0.3, -0.25) is 4.79 Å². The zero-order valence-electron chi connectivity index (χ0n) is 12.2.